The Morgan fingerprint density at radius 3 is 2.54 bits per heavy atom. The van der Waals surface area contributed by atoms with Gasteiger partial charge in [-0.3, -0.25) is 0 Å². The zero-order chi connectivity index (χ0) is 19.9. The van der Waals surface area contributed by atoms with E-state index in [0.717, 1.165) is 21.3 Å². The average Bonchev–Trinajstić information content (AvgIpc) is 2.67. The van der Waals surface area contributed by atoms with Gasteiger partial charge in [0.1, 0.15) is 6.61 Å². The smallest absolute Gasteiger partial charge is 0.175 e. The lowest BCUT2D eigenvalue weighted by atomic mass is 10.2. The molecule has 1 N–H and O–H groups in total. The van der Waals surface area contributed by atoms with Gasteiger partial charge in [-0.15, -0.1) is 0 Å². The molecule has 0 amide bonds. The topological polar surface area (TPSA) is 30.5 Å². The van der Waals surface area contributed by atoms with Crippen molar-refractivity contribution in [2.45, 2.75) is 20.1 Å². The summed E-state index contributed by atoms with van der Waals surface area (Å²) in [6, 6.07) is 19.3. The zero-order valence-electron chi connectivity index (χ0n) is 15.3. The zero-order valence-corrected chi connectivity index (χ0v) is 18.4. The highest BCUT2D eigenvalue weighted by atomic mass is 79.9. The summed E-state index contributed by atoms with van der Waals surface area (Å²) in [7, 11) is 0. The molecule has 3 aromatic carbocycles. The molecule has 0 atom stereocenters. The fourth-order valence-electron chi connectivity index (χ4n) is 2.69. The maximum atomic E-state index is 6.23. The van der Waals surface area contributed by atoms with Crippen LogP contribution in [0.15, 0.2) is 65.1 Å². The molecule has 0 fully saturated rings. The Morgan fingerprint density at radius 2 is 1.79 bits per heavy atom. The number of ether oxygens (including phenoxy) is 2. The standard InChI is InChI=1S/C22H20BrCl2NO2/c1-2-27-21-11-15(13-26-18-8-5-7-17(24)12-18)10-19(23)22(21)28-14-16-6-3-4-9-20(16)25/h3-12,26H,2,13-14H2,1H3. The Hall–Kier alpha value is -1.88. The van der Waals surface area contributed by atoms with Gasteiger partial charge in [0, 0.05) is 27.8 Å². The summed E-state index contributed by atoms with van der Waals surface area (Å²) >= 11 is 15.9. The van der Waals surface area contributed by atoms with Crippen molar-refractivity contribution < 1.29 is 9.47 Å². The molecule has 0 radical (unpaired) electrons. The normalized spacial score (nSPS) is 10.6. The fourth-order valence-corrected chi connectivity index (χ4v) is 3.68. The van der Waals surface area contributed by atoms with E-state index in [4.69, 9.17) is 32.7 Å². The van der Waals surface area contributed by atoms with Crippen LogP contribution in [0.4, 0.5) is 5.69 Å². The molecule has 0 spiro atoms. The summed E-state index contributed by atoms with van der Waals surface area (Å²) < 4.78 is 12.7. The van der Waals surface area contributed by atoms with Gasteiger partial charge in [-0.1, -0.05) is 47.5 Å². The van der Waals surface area contributed by atoms with Crippen LogP contribution in [0.2, 0.25) is 10.0 Å². The lowest BCUT2D eigenvalue weighted by molar-refractivity contribution is 0.267. The molecular formula is C22H20BrCl2NO2. The summed E-state index contributed by atoms with van der Waals surface area (Å²) in [6.45, 7) is 3.48. The summed E-state index contributed by atoms with van der Waals surface area (Å²) in [5.74, 6) is 1.35. The molecule has 0 heterocycles. The van der Waals surface area contributed by atoms with E-state index < -0.39 is 0 Å². The predicted octanol–water partition coefficient (Wildman–Crippen LogP) is 7.35. The van der Waals surface area contributed by atoms with Crippen molar-refractivity contribution in [3.63, 3.8) is 0 Å². The first-order chi connectivity index (χ1) is 13.6. The minimum Gasteiger partial charge on any atom is -0.490 e. The van der Waals surface area contributed by atoms with Gasteiger partial charge in [0.05, 0.1) is 11.1 Å². The molecule has 3 rings (SSSR count). The van der Waals surface area contributed by atoms with E-state index in [1.165, 1.54) is 0 Å². The summed E-state index contributed by atoms with van der Waals surface area (Å²) in [5, 5.41) is 4.74. The second kappa shape index (κ2) is 10.1. The van der Waals surface area contributed by atoms with Crippen molar-refractivity contribution in [3.05, 3.63) is 86.3 Å². The fraction of sp³-hybridized carbons (Fsp3) is 0.182. The lowest BCUT2D eigenvalue weighted by Gasteiger charge is -2.16. The molecule has 0 saturated heterocycles. The van der Waals surface area contributed by atoms with Crippen LogP contribution >= 0.6 is 39.1 Å². The molecule has 0 aliphatic heterocycles. The average molecular weight is 481 g/mol. The molecule has 0 bridgehead atoms. The highest BCUT2D eigenvalue weighted by molar-refractivity contribution is 9.10. The van der Waals surface area contributed by atoms with Crippen LogP contribution < -0.4 is 14.8 Å². The molecule has 0 unspecified atom stereocenters. The van der Waals surface area contributed by atoms with Crippen molar-refractivity contribution in [2.24, 2.45) is 0 Å². The SMILES string of the molecule is CCOc1cc(CNc2cccc(Cl)c2)cc(Br)c1OCc1ccccc1Cl. The van der Waals surface area contributed by atoms with E-state index in [1.807, 2.05) is 67.6 Å². The minimum absolute atomic E-state index is 0.360. The number of halogens is 3. The number of hydrogen-bond donors (Lipinski definition) is 1. The predicted molar refractivity (Wildman–Crippen MR) is 120 cm³/mol. The van der Waals surface area contributed by atoms with Crippen molar-refractivity contribution in [1.82, 2.24) is 0 Å². The first-order valence-electron chi connectivity index (χ1n) is 8.87. The number of hydrogen-bond acceptors (Lipinski definition) is 3. The van der Waals surface area contributed by atoms with Gasteiger partial charge in [0.2, 0.25) is 0 Å². The molecule has 0 aliphatic rings. The third-order valence-electron chi connectivity index (χ3n) is 4.02. The summed E-state index contributed by atoms with van der Waals surface area (Å²) in [5.41, 5.74) is 2.94. The molecule has 0 saturated carbocycles. The third kappa shape index (κ3) is 5.57. The van der Waals surface area contributed by atoms with Crippen molar-refractivity contribution in [3.8, 4) is 11.5 Å². The molecule has 6 heteroatoms. The Bertz CT molecular complexity index is 950. The highest BCUT2D eigenvalue weighted by Crippen LogP contribution is 2.38. The number of rotatable bonds is 8. The molecule has 3 nitrogen and oxygen atoms in total. The molecule has 146 valence electrons. The third-order valence-corrected chi connectivity index (χ3v) is 5.21. The quantitative estimate of drug-likeness (QED) is 0.365. The molecule has 28 heavy (non-hydrogen) atoms. The minimum atomic E-state index is 0.360. The Labute approximate surface area is 183 Å². The van der Waals surface area contributed by atoms with E-state index in [2.05, 4.69) is 21.2 Å². The van der Waals surface area contributed by atoms with E-state index in [9.17, 15) is 0 Å². The van der Waals surface area contributed by atoms with Gasteiger partial charge in [-0.25, -0.2) is 0 Å². The highest BCUT2D eigenvalue weighted by Gasteiger charge is 2.13. The number of anilines is 1. The van der Waals surface area contributed by atoms with Gasteiger partial charge in [0.25, 0.3) is 0 Å². The summed E-state index contributed by atoms with van der Waals surface area (Å²) in [4.78, 5) is 0. The van der Waals surface area contributed by atoms with E-state index >= 15 is 0 Å². The van der Waals surface area contributed by atoms with E-state index in [1.54, 1.807) is 0 Å². The number of nitrogens with one attached hydrogen (secondary N) is 1. The van der Waals surface area contributed by atoms with Gasteiger partial charge < -0.3 is 14.8 Å². The van der Waals surface area contributed by atoms with Crippen LogP contribution in [-0.4, -0.2) is 6.61 Å². The lowest BCUT2D eigenvalue weighted by Crippen LogP contribution is -2.04. The van der Waals surface area contributed by atoms with Crippen LogP contribution in [0.1, 0.15) is 18.1 Å². The van der Waals surface area contributed by atoms with Gasteiger partial charge in [-0.05, 0) is 64.8 Å². The second-order valence-electron chi connectivity index (χ2n) is 6.08. The van der Waals surface area contributed by atoms with Gasteiger partial charge in [0.15, 0.2) is 11.5 Å². The molecular weight excluding hydrogens is 461 g/mol. The van der Waals surface area contributed by atoms with Crippen molar-refractivity contribution in [2.75, 3.05) is 11.9 Å². The second-order valence-corrected chi connectivity index (χ2v) is 7.78. The maximum Gasteiger partial charge on any atom is 0.175 e. The van der Waals surface area contributed by atoms with Crippen LogP contribution in [0.5, 0.6) is 11.5 Å². The Morgan fingerprint density at radius 1 is 0.964 bits per heavy atom. The van der Waals surface area contributed by atoms with E-state index in [0.29, 0.717) is 41.3 Å². The van der Waals surface area contributed by atoms with Crippen LogP contribution in [0, 0.1) is 0 Å². The van der Waals surface area contributed by atoms with Gasteiger partial charge in [-0.2, -0.15) is 0 Å². The first kappa shape index (κ1) is 20.8. The van der Waals surface area contributed by atoms with Crippen molar-refractivity contribution >= 4 is 44.8 Å². The largest absolute Gasteiger partial charge is 0.490 e. The van der Waals surface area contributed by atoms with Gasteiger partial charge >= 0.3 is 0 Å². The van der Waals surface area contributed by atoms with Crippen LogP contribution in [0.3, 0.4) is 0 Å². The summed E-state index contributed by atoms with van der Waals surface area (Å²) in [6.07, 6.45) is 0. The number of benzene rings is 3. The Balaban J connectivity index is 1.76. The maximum absolute atomic E-state index is 6.23. The van der Waals surface area contributed by atoms with Crippen LogP contribution in [-0.2, 0) is 13.2 Å². The Kier molecular flexibility index (Phi) is 7.49. The first-order valence-corrected chi connectivity index (χ1v) is 10.4. The monoisotopic (exact) mass is 479 g/mol. The molecule has 0 aliphatic carbocycles. The van der Waals surface area contributed by atoms with Crippen LogP contribution in [0.25, 0.3) is 0 Å². The molecule has 3 aromatic rings. The molecule has 0 aromatic heterocycles. The van der Waals surface area contributed by atoms with Crippen molar-refractivity contribution in [1.29, 1.82) is 0 Å². The van der Waals surface area contributed by atoms with E-state index in [-0.39, 0.29) is 0 Å².